The average Bonchev–Trinajstić information content (AvgIpc) is 2.90. The number of nitrogens with zero attached hydrogens (tertiary/aromatic N) is 1. The van der Waals surface area contributed by atoms with Gasteiger partial charge >= 0.3 is 6.03 Å². The quantitative estimate of drug-likeness (QED) is 0.383. The lowest BCUT2D eigenvalue weighted by Crippen LogP contribution is -2.58. The first-order valence-electron chi connectivity index (χ1n) is 12.2. The molecule has 0 unspecified atom stereocenters. The molecule has 1 saturated heterocycles. The molecule has 36 heavy (non-hydrogen) atoms. The van der Waals surface area contributed by atoms with Crippen LogP contribution < -0.4 is 14.8 Å². The summed E-state index contributed by atoms with van der Waals surface area (Å²) in [6, 6.07) is 18.7. The Morgan fingerprint density at radius 1 is 0.917 bits per heavy atom. The third kappa shape index (κ3) is 4.82. The van der Waals surface area contributed by atoms with Crippen molar-refractivity contribution in [2.75, 3.05) is 7.11 Å². The fourth-order valence-electron chi connectivity index (χ4n) is 4.89. The van der Waals surface area contributed by atoms with Gasteiger partial charge in [0.05, 0.1) is 7.11 Å². The molecule has 4 amide bonds. The Kier molecular flexibility index (Phi) is 6.71. The molecule has 1 N–H and O–H groups in total. The van der Waals surface area contributed by atoms with Crippen LogP contribution in [-0.2, 0) is 16.2 Å². The maximum atomic E-state index is 13.1. The largest absolute Gasteiger partial charge is 0.493 e. The molecule has 0 bridgehead atoms. The summed E-state index contributed by atoms with van der Waals surface area (Å²) in [5.74, 6) is -0.209. The van der Waals surface area contributed by atoms with Crippen molar-refractivity contribution < 1.29 is 23.9 Å². The number of hydrogen-bond donors (Lipinski definition) is 1. The Balaban J connectivity index is 1.35. The van der Waals surface area contributed by atoms with E-state index in [2.05, 4.69) is 29.6 Å². The molecule has 1 aliphatic heterocycles. The van der Waals surface area contributed by atoms with Crippen LogP contribution in [0.3, 0.4) is 0 Å². The van der Waals surface area contributed by atoms with Gasteiger partial charge in [-0.05, 0) is 59.0 Å². The zero-order valence-electron chi connectivity index (χ0n) is 20.2. The molecule has 184 valence electrons. The first kappa shape index (κ1) is 23.6. The van der Waals surface area contributed by atoms with Crippen molar-refractivity contribution in [2.24, 2.45) is 0 Å². The van der Waals surface area contributed by atoms with E-state index in [9.17, 15) is 14.4 Å². The Bertz CT molecular complexity index is 1360. The van der Waals surface area contributed by atoms with Crippen molar-refractivity contribution in [3.63, 3.8) is 0 Å². The lowest BCUT2D eigenvalue weighted by Gasteiger charge is -2.35. The summed E-state index contributed by atoms with van der Waals surface area (Å²) < 4.78 is 11.5. The minimum atomic E-state index is -0.687. The van der Waals surface area contributed by atoms with Crippen LogP contribution in [-0.4, -0.2) is 35.9 Å². The molecular weight excluding hydrogens is 456 g/mol. The number of ether oxygens (including phenoxy) is 2. The fourth-order valence-corrected chi connectivity index (χ4v) is 4.89. The van der Waals surface area contributed by atoms with Crippen LogP contribution in [0.5, 0.6) is 11.5 Å². The number of fused-ring (bicyclic) bond motifs is 1. The molecule has 3 aromatic rings. The Morgan fingerprint density at radius 3 is 2.47 bits per heavy atom. The summed E-state index contributed by atoms with van der Waals surface area (Å²) in [5.41, 5.74) is 1.56. The number of benzene rings is 3. The molecule has 0 atom stereocenters. The highest BCUT2D eigenvalue weighted by Gasteiger charge is 2.40. The summed E-state index contributed by atoms with van der Waals surface area (Å²) in [4.78, 5) is 39.3. The Hall–Kier alpha value is -4.13. The van der Waals surface area contributed by atoms with Gasteiger partial charge in [-0.15, -0.1) is 0 Å². The van der Waals surface area contributed by atoms with Crippen LogP contribution in [0.2, 0.25) is 0 Å². The maximum absolute atomic E-state index is 13.1. The standard InChI is InChI=1S/C29H28N2O5/c1-35-26-17-19(12-14-25(26)36-18-20-11-13-21-7-5-6-8-22(21)15-20)16-24-27(32)30-29(34)31(28(24)33)23-9-3-2-4-10-23/h5-8,11-17,23H,2-4,9-10,18H2,1H3,(H,30,32,34). The summed E-state index contributed by atoms with van der Waals surface area (Å²) >= 11 is 0. The van der Waals surface area contributed by atoms with Crippen LogP contribution in [0.1, 0.15) is 43.2 Å². The van der Waals surface area contributed by atoms with Crippen molar-refractivity contribution in [3.8, 4) is 11.5 Å². The van der Waals surface area contributed by atoms with Crippen molar-refractivity contribution in [2.45, 2.75) is 44.8 Å². The fraction of sp³-hybridized carbons (Fsp3) is 0.276. The number of urea groups is 1. The topological polar surface area (TPSA) is 84.9 Å². The lowest BCUT2D eigenvalue weighted by molar-refractivity contribution is -0.132. The number of nitrogens with one attached hydrogen (secondary N) is 1. The van der Waals surface area contributed by atoms with Gasteiger partial charge in [0.1, 0.15) is 12.2 Å². The molecule has 0 radical (unpaired) electrons. The Labute approximate surface area is 209 Å². The zero-order valence-corrected chi connectivity index (χ0v) is 20.2. The van der Waals surface area contributed by atoms with E-state index in [4.69, 9.17) is 9.47 Å². The van der Waals surface area contributed by atoms with E-state index >= 15 is 0 Å². The van der Waals surface area contributed by atoms with Gasteiger partial charge < -0.3 is 9.47 Å². The lowest BCUT2D eigenvalue weighted by atomic mass is 9.93. The van der Waals surface area contributed by atoms with E-state index in [-0.39, 0.29) is 11.6 Å². The minimum Gasteiger partial charge on any atom is -0.493 e. The normalized spacial score (nSPS) is 18.0. The van der Waals surface area contributed by atoms with E-state index in [1.54, 1.807) is 18.2 Å². The number of carbonyl (C=O) groups is 3. The molecule has 5 rings (SSSR count). The monoisotopic (exact) mass is 484 g/mol. The van der Waals surface area contributed by atoms with Gasteiger partial charge in [0.15, 0.2) is 11.5 Å². The van der Waals surface area contributed by atoms with Crippen molar-refractivity contribution in [1.29, 1.82) is 0 Å². The van der Waals surface area contributed by atoms with Crippen LogP contribution in [0, 0.1) is 0 Å². The highest BCUT2D eigenvalue weighted by molar-refractivity contribution is 6.31. The SMILES string of the molecule is COc1cc(C=C2C(=O)NC(=O)N(C3CCCCC3)C2=O)ccc1OCc1ccc2ccccc2c1. The van der Waals surface area contributed by atoms with Gasteiger partial charge in [-0.2, -0.15) is 0 Å². The predicted octanol–water partition coefficient (Wildman–Crippen LogP) is 5.22. The van der Waals surface area contributed by atoms with E-state index in [1.165, 1.54) is 23.5 Å². The summed E-state index contributed by atoms with van der Waals surface area (Å²) in [7, 11) is 1.54. The number of hydrogen-bond acceptors (Lipinski definition) is 5. The minimum absolute atomic E-state index is 0.0629. The molecule has 1 aliphatic carbocycles. The van der Waals surface area contributed by atoms with Crippen LogP contribution in [0.15, 0.2) is 66.2 Å². The van der Waals surface area contributed by atoms with Gasteiger partial charge in [0.2, 0.25) is 0 Å². The number of amides is 4. The second-order valence-electron chi connectivity index (χ2n) is 9.16. The number of rotatable bonds is 6. The molecule has 3 aromatic carbocycles. The number of methoxy groups -OCH3 is 1. The van der Waals surface area contributed by atoms with Crippen molar-refractivity contribution in [1.82, 2.24) is 10.2 Å². The van der Waals surface area contributed by atoms with E-state index in [1.807, 2.05) is 18.2 Å². The highest BCUT2D eigenvalue weighted by Crippen LogP contribution is 2.31. The van der Waals surface area contributed by atoms with Gasteiger partial charge in [-0.1, -0.05) is 61.7 Å². The summed E-state index contributed by atoms with van der Waals surface area (Å²) in [5, 5.41) is 4.63. The molecule has 7 heteroatoms. The molecule has 1 heterocycles. The zero-order chi connectivity index (χ0) is 25.1. The summed E-state index contributed by atoms with van der Waals surface area (Å²) in [6.45, 7) is 0.362. The molecule has 0 spiro atoms. The molecule has 2 aliphatic rings. The van der Waals surface area contributed by atoms with Crippen LogP contribution in [0.4, 0.5) is 4.79 Å². The molecule has 2 fully saturated rings. The first-order valence-corrected chi connectivity index (χ1v) is 12.2. The van der Waals surface area contributed by atoms with Gasteiger partial charge in [0, 0.05) is 6.04 Å². The van der Waals surface area contributed by atoms with Crippen molar-refractivity contribution in [3.05, 3.63) is 77.4 Å². The number of carbonyl (C=O) groups excluding carboxylic acids is 3. The molecule has 0 aromatic heterocycles. The smallest absolute Gasteiger partial charge is 0.331 e. The van der Waals surface area contributed by atoms with Gasteiger partial charge in [-0.25, -0.2) is 4.79 Å². The van der Waals surface area contributed by atoms with Crippen LogP contribution >= 0.6 is 0 Å². The second-order valence-corrected chi connectivity index (χ2v) is 9.16. The van der Waals surface area contributed by atoms with E-state index in [0.29, 0.717) is 23.7 Å². The molecule has 7 nitrogen and oxygen atoms in total. The highest BCUT2D eigenvalue weighted by atomic mass is 16.5. The Morgan fingerprint density at radius 2 is 1.69 bits per heavy atom. The van der Waals surface area contributed by atoms with Crippen LogP contribution in [0.25, 0.3) is 16.8 Å². The summed E-state index contributed by atoms with van der Waals surface area (Å²) in [6.07, 6.45) is 6.04. The third-order valence-electron chi connectivity index (χ3n) is 6.78. The molecular formula is C29H28N2O5. The van der Waals surface area contributed by atoms with E-state index < -0.39 is 17.8 Å². The number of barbiturate groups is 1. The predicted molar refractivity (Wildman–Crippen MR) is 137 cm³/mol. The maximum Gasteiger partial charge on any atom is 0.331 e. The second kappa shape index (κ2) is 10.2. The van der Waals surface area contributed by atoms with Crippen molar-refractivity contribution >= 4 is 34.7 Å². The first-order chi connectivity index (χ1) is 17.5. The van der Waals surface area contributed by atoms with E-state index in [0.717, 1.165) is 43.1 Å². The number of imide groups is 2. The van der Waals surface area contributed by atoms with Gasteiger partial charge in [-0.3, -0.25) is 19.8 Å². The third-order valence-corrected chi connectivity index (χ3v) is 6.78. The van der Waals surface area contributed by atoms with Gasteiger partial charge in [0.25, 0.3) is 11.8 Å². The molecule has 1 saturated carbocycles. The average molecular weight is 485 g/mol.